The van der Waals surface area contributed by atoms with Gasteiger partial charge in [0.1, 0.15) is 12.4 Å². The van der Waals surface area contributed by atoms with Crippen LogP contribution in [0, 0.1) is 0 Å². The lowest BCUT2D eigenvalue weighted by atomic mass is 10.0. The summed E-state index contributed by atoms with van der Waals surface area (Å²) in [6.45, 7) is 5.06. The van der Waals surface area contributed by atoms with Crippen molar-refractivity contribution in [3.05, 3.63) is 52.6 Å². The number of anilines is 2. The molecule has 1 aromatic carbocycles. The first-order valence-electron chi connectivity index (χ1n) is 10.2. The van der Waals surface area contributed by atoms with Gasteiger partial charge in [-0.1, -0.05) is 19.1 Å². The zero-order valence-corrected chi connectivity index (χ0v) is 16.8. The Morgan fingerprint density at radius 2 is 2.00 bits per heavy atom. The van der Waals surface area contributed by atoms with Gasteiger partial charge < -0.3 is 10.2 Å². The number of piperidine rings is 1. The molecule has 1 N–H and O–H groups in total. The fraction of sp³-hybridized carbons (Fsp3) is 0.429. The zero-order valence-electron chi connectivity index (χ0n) is 16.8. The maximum absolute atomic E-state index is 12.6. The highest BCUT2D eigenvalue weighted by Crippen LogP contribution is 2.22. The lowest BCUT2D eigenvalue weighted by Gasteiger charge is -2.34. The Hall–Kier alpha value is -3.16. The van der Waals surface area contributed by atoms with E-state index in [2.05, 4.69) is 34.1 Å². The summed E-state index contributed by atoms with van der Waals surface area (Å²) < 4.78 is 2.53. The van der Waals surface area contributed by atoms with E-state index in [9.17, 15) is 9.59 Å². The van der Waals surface area contributed by atoms with Crippen molar-refractivity contribution in [2.45, 2.75) is 52.1 Å². The van der Waals surface area contributed by atoms with Crippen molar-refractivity contribution in [1.29, 1.82) is 0 Å². The van der Waals surface area contributed by atoms with Gasteiger partial charge in [0.15, 0.2) is 0 Å². The first-order chi connectivity index (χ1) is 14.0. The molecule has 3 heterocycles. The molecule has 4 rings (SSSR count). The fourth-order valence-electron chi connectivity index (χ4n) is 3.76. The molecule has 1 amide bonds. The van der Waals surface area contributed by atoms with Crippen LogP contribution in [0.3, 0.4) is 0 Å². The van der Waals surface area contributed by atoms with Crippen molar-refractivity contribution in [2.75, 3.05) is 16.8 Å². The van der Waals surface area contributed by atoms with Gasteiger partial charge in [0.25, 0.3) is 5.78 Å². The van der Waals surface area contributed by atoms with Gasteiger partial charge in [0, 0.05) is 24.5 Å². The summed E-state index contributed by atoms with van der Waals surface area (Å²) in [5.41, 5.74) is 1.52. The Morgan fingerprint density at radius 3 is 2.72 bits per heavy atom. The molecule has 2 aromatic heterocycles. The Balaban J connectivity index is 1.52. The largest absolute Gasteiger partial charge is 0.354 e. The van der Waals surface area contributed by atoms with E-state index in [1.807, 2.05) is 30.3 Å². The minimum atomic E-state index is -0.373. The van der Waals surface area contributed by atoms with Crippen molar-refractivity contribution in [3.8, 4) is 0 Å². The smallest absolute Gasteiger partial charge is 0.352 e. The molecule has 3 aromatic rings. The standard InChI is InChI=1S/C21H26N6O2/c1-3-16-7-9-17(10-8-16)22-19(28)14-27-21(29)26-13-11-18(23-20(26)24-27)25-12-5-4-6-15(25)2/h7-11,13,15H,3-6,12,14H2,1-2H3,(H,22,28). The molecule has 29 heavy (non-hydrogen) atoms. The van der Waals surface area contributed by atoms with Crippen molar-refractivity contribution in [3.63, 3.8) is 0 Å². The maximum atomic E-state index is 12.6. The summed E-state index contributed by atoms with van der Waals surface area (Å²) in [7, 11) is 0. The molecule has 8 heteroatoms. The summed E-state index contributed by atoms with van der Waals surface area (Å²) in [4.78, 5) is 31.8. The molecule has 0 spiro atoms. The maximum Gasteiger partial charge on any atom is 0.352 e. The number of aromatic nitrogens is 4. The first-order valence-corrected chi connectivity index (χ1v) is 10.2. The van der Waals surface area contributed by atoms with Crippen LogP contribution in [0.4, 0.5) is 11.5 Å². The van der Waals surface area contributed by atoms with E-state index in [1.54, 1.807) is 6.20 Å². The number of fused-ring (bicyclic) bond motifs is 1. The van der Waals surface area contributed by atoms with Crippen LogP contribution in [0.1, 0.15) is 38.7 Å². The highest BCUT2D eigenvalue weighted by molar-refractivity contribution is 5.90. The van der Waals surface area contributed by atoms with E-state index in [1.165, 1.54) is 16.4 Å². The van der Waals surface area contributed by atoms with Gasteiger partial charge in [-0.2, -0.15) is 4.98 Å². The number of aryl methyl sites for hydroxylation is 1. The van der Waals surface area contributed by atoms with Gasteiger partial charge in [-0.25, -0.2) is 13.9 Å². The van der Waals surface area contributed by atoms with Gasteiger partial charge in [0.2, 0.25) is 5.91 Å². The summed E-state index contributed by atoms with van der Waals surface area (Å²) in [5.74, 6) is 0.831. The molecule has 0 aliphatic carbocycles. The quantitative estimate of drug-likeness (QED) is 0.719. The van der Waals surface area contributed by atoms with E-state index in [4.69, 9.17) is 0 Å². The molecule has 1 aliphatic rings. The molecular weight excluding hydrogens is 368 g/mol. The van der Waals surface area contributed by atoms with E-state index in [0.717, 1.165) is 36.3 Å². The average Bonchev–Trinajstić information content (AvgIpc) is 3.03. The number of nitrogens with zero attached hydrogens (tertiary/aromatic N) is 5. The highest BCUT2D eigenvalue weighted by Gasteiger charge is 2.21. The highest BCUT2D eigenvalue weighted by atomic mass is 16.2. The second kappa shape index (κ2) is 8.06. The topological polar surface area (TPSA) is 84.5 Å². The molecule has 152 valence electrons. The van der Waals surface area contributed by atoms with Crippen LogP contribution < -0.4 is 15.9 Å². The van der Waals surface area contributed by atoms with Gasteiger partial charge in [-0.05, 0) is 56.4 Å². The Bertz CT molecular complexity index is 1070. The van der Waals surface area contributed by atoms with Crippen molar-refractivity contribution >= 4 is 23.2 Å². The monoisotopic (exact) mass is 394 g/mol. The summed E-state index contributed by atoms with van der Waals surface area (Å²) >= 11 is 0. The molecular formula is C21H26N6O2. The number of carbonyl (C=O) groups is 1. The van der Waals surface area contributed by atoms with Crippen LogP contribution >= 0.6 is 0 Å². The Morgan fingerprint density at radius 1 is 1.21 bits per heavy atom. The third-order valence-electron chi connectivity index (χ3n) is 5.48. The molecule has 1 aliphatic heterocycles. The lowest BCUT2D eigenvalue weighted by molar-refractivity contribution is -0.117. The third kappa shape index (κ3) is 4.01. The molecule has 1 saturated heterocycles. The molecule has 1 atom stereocenters. The van der Waals surface area contributed by atoms with Crippen molar-refractivity contribution in [2.24, 2.45) is 0 Å². The van der Waals surface area contributed by atoms with Crippen LogP contribution in [0.5, 0.6) is 0 Å². The number of benzene rings is 1. The first kappa shape index (κ1) is 19.2. The van der Waals surface area contributed by atoms with Crippen LogP contribution in [0.25, 0.3) is 5.78 Å². The van der Waals surface area contributed by atoms with Crippen molar-refractivity contribution in [1.82, 2.24) is 19.2 Å². The van der Waals surface area contributed by atoms with E-state index in [-0.39, 0.29) is 18.1 Å². The minimum Gasteiger partial charge on any atom is -0.354 e. The number of carbonyl (C=O) groups excluding carboxylic acids is 1. The van der Waals surface area contributed by atoms with Gasteiger partial charge in [0.05, 0.1) is 0 Å². The second-order valence-electron chi connectivity index (χ2n) is 7.53. The van der Waals surface area contributed by atoms with Gasteiger partial charge in [-0.3, -0.25) is 4.79 Å². The molecule has 1 fully saturated rings. The average molecular weight is 394 g/mol. The number of hydrogen-bond donors (Lipinski definition) is 1. The zero-order chi connectivity index (χ0) is 20.4. The van der Waals surface area contributed by atoms with Gasteiger partial charge in [-0.15, -0.1) is 5.10 Å². The van der Waals surface area contributed by atoms with E-state index in [0.29, 0.717) is 17.5 Å². The summed E-state index contributed by atoms with van der Waals surface area (Å²) in [5, 5.41) is 7.08. The number of hydrogen-bond acceptors (Lipinski definition) is 5. The number of rotatable bonds is 5. The van der Waals surface area contributed by atoms with E-state index >= 15 is 0 Å². The molecule has 1 unspecified atom stereocenters. The normalized spacial score (nSPS) is 16.9. The number of amides is 1. The second-order valence-corrected chi connectivity index (χ2v) is 7.53. The van der Waals surface area contributed by atoms with Crippen LogP contribution in [-0.4, -0.2) is 37.7 Å². The molecule has 8 nitrogen and oxygen atoms in total. The van der Waals surface area contributed by atoms with Crippen molar-refractivity contribution < 1.29 is 4.79 Å². The third-order valence-corrected chi connectivity index (χ3v) is 5.48. The molecule has 0 radical (unpaired) electrons. The Kier molecular flexibility index (Phi) is 5.33. The van der Waals surface area contributed by atoms with Gasteiger partial charge >= 0.3 is 5.69 Å². The fourth-order valence-corrected chi connectivity index (χ4v) is 3.76. The molecule has 0 saturated carbocycles. The lowest BCUT2D eigenvalue weighted by Crippen LogP contribution is -2.38. The van der Waals surface area contributed by atoms with Crippen LogP contribution in [0.15, 0.2) is 41.3 Å². The molecule has 0 bridgehead atoms. The predicted octanol–water partition coefficient (Wildman–Crippen LogP) is 2.47. The van der Waals surface area contributed by atoms with Crippen LogP contribution in [-0.2, 0) is 17.8 Å². The van der Waals surface area contributed by atoms with E-state index < -0.39 is 0 Å². The SMILES string of the molecule is CCc1ccc(NC(=O)Cn2nc3nc(N4CCCCC4C)ccn3c2=O)cc1. The predicted molar refractivity (Wildman–Crippen MR) is 112 cm³/mol. The minimum absolute atomic E-state index is 0.160. The number of nitrogens with one attached hydrogen (secondary N) is 1. The van der Waals surface area contributed by atoms with Crippen LogP contribution in [0.2, 0.25) is 0 Å². The summed E-state index contributed by atoms with van der Waals surface area (Å²) in [6.07, 6.45) is 6.12. The Labute approximate surface area is 169 Å². The summed E-state index contributed by atoms with van der Waals surface area (Å²) in [6, 6.07) is 9.92.